The first-order chi connectivity index (χ1) is 10.8. The highest BCUT2D eigenvalue weighted by molar-refractivity contribution is 7.91. The molecule has 126 valence electrons. The van der Waals surface area contributed by atoms with E-state index in [0.29, 0.717) is 12.0 Å². The van der Waals surface area contributed by atoms with Gasteiger partial charge in [-0.05, 0) is 30.0 Å². The van der Waals surface area contributed by atoms with Crippen molar-refractivity contribution in [1.82, 2.24) is 5.43 Å². The van der Waals surface area contributed by atoms with Crippen molar-refractivity contribution in [2.45, 2.75) is 12.8 Å². The van der Waals surface area contributed by atoms with Gasteiger partial charge in [0.2, 0.25) is 5.91 Å². The summed E-state index contributed by atoms with van der Waals surface area (Å²) in [6.07, 6.45) is 1.98. The number of methoxy groups -OCH3 is 1. The largest absolute Gasteiger partial charge is 0.503 e. The Morgan fingerprint density at radius 2 is 2.30 bits per heavy atom. The number of carbonyl (C=O) groups excluding carboxylic acids is 1. The molecule has 9 heteroatoms. The van der Waals surface area contributed by atoms with Gasteiger partial charge >= 0.3 is 0 Å². The van der Waals surface area contributed by atoms with Gasteiger partial charge in [-0.15, -0.1) is 0 Å². The fourth-order valence-corrected chi connectivity index (χ4v) is 4.42. The maximum Gasteiger partial charge on any atom is 0.240 e. The van der Waals surface area contributed by atoms with Crippen LogP contribution in [0.25, 0.3) is 0 Å². The minimum atomic E-state index is -2.99. The molecule has 1 aromatic rings. The van der Waals surface area contributed by atoms with Crippen molar-refractivity contribution in [3.8, 4) is 11.5 Å². The van der Waals surface area contributed by atoms with Crippen molar-refractivity contribution in [1.29, 1.82) is 0 Å². The molecule has 1 atom stereocenters. The van der Waals surface area contributed by atoms with Crippen molar-refractivity contribution in [2.24, 2.45) is 11.0 Å². The van der Waals surface area contributed by atoms with Gasteiger partial charge in [-0.3, -0.25) is 4.79 Å². The first-order valence-electron chi connectivity index (χ1n) is 6.89. The second-order valence-corrected chi connectivity index (χ2v) is 7.96. The number of aromatic hydroxyl groups is 1. The lowest BCUT2D eigenvalue weighted by Crippen LogP contribution is -2.21. The summed E-state index contributed by atoms with van der Waals surface area (Å²) in [5.41, 5.74) is 2.88. The average Bonchev–Trinajstić information content (AvgIpc) is 2.81. The third-order valence-electron chi connectivity index (χ3n) is 3.47. The second kappa shape index (κ2) is 7.18. The lowest BCUT2D eigenvalue weighted by Gasteiger charge is -2.07. The van der Waals surface area contributed by atoms with Gasteiger partial charge in [-0.25, -0.2) is 13.8 Å². The fraction of sp³-hybridized carbons (Fsp3) is 0.429. The lowest BCUT2D eigenvalue weighted by atomic mass is 10.1. The van der Waals surface area contributed by atoms with Crippen LogP contribution in [-0.4, -0.2) is 44.3 Å². The molecule has 1 aromatic carbocycles. The molecule has 1 aliphatic heterocycles. The van der Waals surface area contributed by atoms with Crippen LogP contribution >= 0.6 is 11.6 Å². The Bertz CT molecular complexity index is 733. The summed E-state index contributed by atoms with van der Waals surface area (Å²) in [7, 11) is -1.60. The summed E-state index contributed by atoms with van der Waals surface area (Å²) in [5, 5.41) is 13.5. The summed E-state index contributed by atoms with van der Waals surface area (Å²) in [6, 6.07) is 2.99. The molecule has 2 N–H and O–H groups in total. The Morgan fingerprint density at radius 3 is 2.91 bits per heavy atom. The summed E-state index contributed by atoms with van der Waals surface area (Å²) < 4.78 is 27.6. The van der Waals surface area contributed by atoms with Crippen molar-refractivity contribution < 1.29 is 23.1 Å². The normalized spacial score (nSPS) is 19.8. The summed E-state index contributed by atoms with van der Waals surface area (Å²) in [5.74, 6) is -0.285. The van der Waals surface area contributed by atoms with Crippen LogP contribution in [0.1, 0.15) is 18.4 Å². The van der Waals surface area contributed by atoms with E-state index >= 15 is 0 Å². The van der Waals surface area contributed by atoms with Crippen molar-refractivity contribution in [2.75, 3.05) is 18.6 Å². The second-order valence-electron chi connectivity index (χ2n) is 5.32. The first kappa shape index (κ1) is 17.6. The summed E-state index contributed by atoms with van der Waals surface area (Å²) in [6.45, 7) is 0. The number of sulfone groups is 1. The quantitative estimate of drug-likeness (QED) is 0.608. The number of rotatable bonds is 5. The molecule has 0 spiro atoms. The maximum absolute atomic E-state index is 11.7. The van der Waals surface area contributed by atoms with Gasteiger partial charge in [0.1, 0.15) is 0 Å². The molecule has 2 rings (SSSR count). The SMILES string of the molecule is COc1cc(/C=N/NC(=O)C[C@H]2CCS(=O)(=O)C2)cc(Cl)c1O. The molecule has 0 aromatic heterocycles. The van der Waals surface area contributed by atoms with Crippen LogP contribution < -0.4 is 10.2 Å². The van der Waals surface area contributed by atoms with E-state index in [9.17, 15) is 18.3 Å². The monoisotopic (exact) mass is 360 g/mol. The van der Waals surface area contributed by atoms with E-state index in [1.807, 2.05) is 0 Å². The standard InChI is InChI=1S/C14H17ClN2O5S/c1-22-12-5-10(4-11(15)14(12)19)7-16-17-13(18)6-9-2-3-23(20,21)8-9/h4-5,7,9,19H,2-3,6,8H2,1H3,(H,17,18)/b16-7+/t9-/m1/s1. The van der Waals surface area contributed by atoms with Gasteiger partial charge in [-0.2, -0.15) is 5.10 Å². The molecule has 23 heavy (non-hydrogen) atoms. The number of hydrogen-bond donors (Lipinski definition) is 2. The van der Waals surface area contributed by atoms with Crippen LogP contribution in [0.2, 0.25) is 5.02 Å². The van der Waals surface area contributed by atoms with Crippen LogP contribution in [0.3, 0.4) is 0 Å². The number of hydrazone groups is 1. The Labute approximate surface area is 139 Å². The van der Waals surface area contributed by atoms with Gasteiger partial charge in [-0.1, -0.05) is 11.6 Å². The third-order valence-corrected chi connectivity index (χ3v) is 5.60. The molecule has 1 amide bonds. The number of benzene rings is 1. The summed E-state index contributed by atoms with van der Waals surface area (Å²) >= 11 is 5.84. The number of phenols is 1. The molecule has 0 unspecified atom stereocenters. The van der Waals surface area contributed by atoms with E-state index in [1.165, 1.54) is 25.5 Å². The number of ether oxygens (including phenoxy) is 1. The van der Waals surface area contributed by atoms with Crippen LogP contribution in [0.15, 0.2) is 17.2 Å². The van der Waals surface area contributed by atoms with Gasteiger partial charge in [0, 0.05) is 6.42 Å². The molecule has 7 nitrogen and oxygen atoms in total. The number of amides is 1. The molecule has 1 fully saturated rings. The predicted octanol–water partition coefficient (Wildman–Crippen LogP) is 1.33. The van der Waals surface area contributed by atoms with E-state index in [-0.39, 0.29) is 46.3 Å². The predicted molar refractivity (Wildman–Crippen MR) is 86.8 cm³/mol. The number of halogens is 1. The highest BCUT2D eigenvalue weighted by Gasteiger charge is 2.29. The van der Waals surface area contributed by atoms with E-state index in [4.69, 9.17) is 16.3 Å². The molecule has 0 radical (unpaired) electrons. The number of nitrogens with zero attached hydrogens (tertiary/aromatic N) is 1. The van der Waals surface area contributed by atoms with Gasteiger partial charge in [0.15, 0.2) is 21.3 Å². The minimum absolute atomic E-state index is 0.0505. The summed E-state index contributed by atoms with van der Waals surface area (Å²) in [4.78, 5) is 11.7. The van der Waals surface area contributed by atoms with Crippen LogP contribution in [0.5, 0.6) is 11.5 Å². The molecule has 0 saturated carbocycles. The third kappa shape index (κ3) is 4.84. The molecule has 1 saturated heterocycles. The first-order valence-corrected chi connectivity index (χ1v) is 9.09. The van der Waals surface area contributed by atoms with Crippen LogP contribution in [0.4, 0.5) is 0 Å². The van der Waals surface area contributed by atoms with Crippen LogP contribution in [0, 0.1) is 5.92 Å². The zero-order valence-corrected chi connectivity index (χ0v) is 14.0. The molecule has 1 aliphatic rings. The number of carbonyl (C=O) groups is 1. The molecular weight excluding hydrogens is 344 g/mol. The molecule has 0 aliphatic carbocycles. The smallest absolute Gasteiger partial charge is 0.240 e. The lowest BCUT2D eigenvalue weighted by molar-refractivity contribution is -0.121. The van der Waals surface area contributed by atoms with Gasteiger partial charge in [0.25, 0.3) is 0 Å². The van der Waals surface area contributed by atoms with Crippen LogP contribution in [-0.2, 0) is 14.6 Å². The van der Waals surface area contributed by atoms with Gasteiger partial charge < -0.3 is 9.84 Å². The van der Waals surface area contributed by atoms with E-state index in [0.717, 1.165) is 0 Å². The van der Waals surface area contributed by atoms with Crippen molar-refractivity contribution in [3.05, 3.63) is 22.7 Å². The van der Waals surface area contributed by atoms with E-state index in [2.05, 4.69) is 10.5 Å². The maximum atomic E-state index is 11.7. The minimum Gasteiger partial charge on any atom is -0.503 e. The Morgan fingerprint density at radius 1 is 1.57 bits per heavy atom. The van der Waals surface area contributed by atoms with E-state index in [1.54, 1.807) is 0 Å². The Kier molecular flexibility index (Phi) is 5.48. The highest BCUT2D eigenvalue weighted by Crippen LogP contribution is 2.34. The highest BCUT2D eigenvalue weighted by atomic mass is 35.5. The number of nitrogens with one attached hydrogen (secondary N) is 1. The number of hydrogen-bond acceptors (Lipinski definition) is 6. The zero-order chi connectivity index (χ0) is 17.0. The Balaban J connectivity index is 1.91. The van der Waals surface area contributed by atoms with Crippen molar-refractivity contribution in [3.63, 3.8) is 0 Å². The fourth-order valence-electron chi connectivity index (χ4n) is 2.34. The molecular formula is C14H17ClN2O5S. The topological polar surface area (TPSA) is 105 Å². The number of phenolic OH excluding ortho intramolecular Hbond substituents is 1. The Hall–Kier alpha value is -1.80. The van der Waals surface area contributed by atoms with Crippen molar-refractivity contribution >= 4 is 33.6 Å². The van der Waals surface area contributed by atoms with E-state index < -0.39 is 9.84 Å². The molecule has 1 heterocycles. The zero-order valence-electron chi connectivity index (χ0n) is 12.5. The molecule has 0 bridgehead atoms. The van der Waals surface area contributed by atoms with Gasteiger partial charge in [0.05, 0.1) is 29.9 Å². The average molecular weight is 361 g/mol.